The minimum atomic E-state index is -0.00923. The molecule has 2 aromatic rings. The fourth-order valence-electron chi connectivity index (χ4n) is 4.71. The molecule has 2 aliphatic rings. The van der Waals surface area contributed by atoms with Crippen molar-refractivity contribution in [3.63, 3.8) is 0 Å². The standard InChI is InChI=1S/C22H34N6O/c1-27(17-12-14-23-15-13-17)22(29)20-18-10-11-19(25-21(18)28(2)26-20)24-16-8-6-4-3-5-7-9-16/h10-11,16-17,23H,3-9,12-15H2,1-2H3,(H,24,25). The minimum Gasteiger partial charge on any atom is -0.367 e. The zero-order chi connectivity index (χ0) is 20.2. The molecule has 1 saturated heterocycles. The van der Waals surface area contributed by atoms with Crippen LogP contribution in [-0.4, -0.2) is 57.8 Å². The molecule has 1 aliphatic heterocycles. The van der Waals surface area contributed by atoms with E-state index in [4.69, 9.17) is 4.98 Å². The molecule has 0 spiro atoms. The first-order valence-corrected chi connectivity index (χ1v) is 11.2. The Morgan fingerprint density at radius 3 is 2.52 bits per heavy atom. The van der Waals surface area contributed by atoms with Gasteiger partial charge >= 0.3 is 0 Å². The van der Waals surface area contributed by atoms with Crippen LogP contribution >= 0.6 is 0 Å². The lowest BCUT2D eigenvalue weighted by atomic mass is 9.97. The number of nitrogens with zero attached hydrogens (tertiary/aromatic N) is 4. The van der Waals surface area contributed by atoms with Gasteiger partial charge in [-0.25, -0.2) is 9.67 Å². The maximum absolute atomic E-state index is 13.1. The summed E-state index contributed by atoms with van der Waals surface area (Å²) in [5, 5.41) is 12.4. The van der Waals surface area contributed by atoms with Crippen LogP contribution in [0.15, 0.2) is 12.1 Å². The molecular weight excluding hydrogens is 364 g/mol. The molecule has 0 bridgehead atoms. The van der Waals surface area contributed by atoms with E-state index in [0.29, 0.717) is 11.7 Å². The van der Waals surface area contributed by atoms with Crippen LogP contribution in [0.25, 0.3) is 11.0 Å². The average molecular weight is 399 g/mol. The van der Waals surface area contributed by atoms with Crippen LogP contribution in [0.5, 0.6) is 0 Å². The molecule has 0 radical (unpaired) electrons. The van der Waals surface area contributed by atoms with Gasteiger partial charge in [-0.15, -0.1) is 0 Å². The van der Waals surface area contributed by atoms with Crippen LogP contribution in [-0.2, 0) is 7.05 Å². The van der Waals surface area contributed by atoms with Gasteiger partial charge in [0.1, 0.15) is 5.82 Å². The lowest BCUT2D eigenvalue weighted by molar-refractivity contribution is 0.0698. The third-order valence-electron chi connectivity index (χ3n) is 6.52. The molecule has 1 aliphatic carbocycles. The summed E-state index contributed by atoms with van der Waals surface area (Å²) < 4.78 is 1.74. The summed E-state index contributed by atoms with van der Waals surface area (Å²) in [6.45, 7) is 1.92. The molecular formula is C22H34N6O. The monoisotopic (exact) mass is 398 g/mol. The number of carbonyl (C=O) groups is 1. The van der Waals surface area contributed by atoms with E-state index in [0.717, 1.165) is 42.8 Å². The maximum atomic E-state index is 13.1. The number of nitrogens with one attached hydrogen (secondary N) is 2. The van der Waals surface area contributed by atoms with Crippen molar-refractivity contribution >= 4 is 22.8 Å². The summed E-state index contributed by atoms with van der Waals surface area (Å²) in [5.74, 6) is 0.877. The molecule has 2 aromatic heterocycles. The lowest BCUT2D eigenvalue weighted by Gasteiger charge is -2.31. The zero-order valence-electron chi connectivity index (χ0n) is 17.8. The quantitative estimate of drug-likeness (QED) is 0.826. The zero-order valence-corrected chi connectivity index (χ0v) is 17.8. The van der Waals surface area contributed by atoms with E-state index in [1.165, 1.54) is 44.9 Å². The molecule has 2 fully saturated rings. The average Bonchev–Trinajstić information content (AvgIpc) is 3.05. The third kappa shape index (κ3) is 4.55. The van der Waals surface area contributed by atoms with Crippen LogP contribution in [0.4, 0.5) is 5.82 Å². The fourth-order valence-corrected chi connectivity index (χ4v) is 4.71. The van der Waals surface area contributed by atoms with E-state index in [2.05, 4.69) is 15.7 Å². The highest BCUT2D eigenvalue weighted by Crippen LogP contribution is 2.24. The van der Waals surface area contributed by atoms with Crippen LogP contribution in [0, 0.1) is 0 Å². The predicted octanol–water partition coefficient (Wildman–Crippen LogP) is 3.32. The first-order chi connectivity index (χ1) is 14.1. The van der Waals surface area contributed by atoms with Gasteiger partial charge in [0.05, 0.1) is 5.39 Å². The van der Waals surface area contributed by atoms with Crippen LogP contribution in [0.1, 0.15) is 68.3 Å². The number of rotatable bonds is 4. The van der Waals surface area contributed by atoms with Crippen LogP contribution in [0.2, 0.25) is 0 Å². The fraction of sp³-hybridized carbons (Fsp3) is 0.682. The smallest absolute Gasteiger partial charge is 0.275 e. The Morgan fingerprint density at radius 1 is 1.10 bits per heavy atom. The molecule has 7 heteroatoms. The number of aryl methyl sites for hydroxylation is 1. The predicted molar refractivity (Wildman–Crippen MR) is 116 cm³/mol. The summed E-state index contributed by atoms with van der Waals surface area (Å²) in [4.78, 5) is 19.8. The topological polar surface area (TPSA) is 75.1 Å². The Labute approximate surface area is 173 Å². The molecule has 0 unspecified atom stereocenters. The summed E-state index contributed by atoms with van der Waals surface area (Å²) in [6, 6.07) is 4.77. The Hall–Kier alpha value is -2.15. The second-order valence-corrected chi connectivity index (χ2v) is 8.62. The van der Waals surface area contributed by atoms with E-state index in [-0.39, 0.29) is 11.9 Å². The highest BCUT2D eigenvalue weighted by Gasteiger charge is 2.27. The largest absolute Gasteiger partial charge is 0.367 e. The van der Waals surface area contributed by atoms with Crippen molar-refractivity contribution in [2.45, 2.75) is 69.9 Å². The molecule has 3 heterocycles. The number of piperidine rings is 1. The summed E-state index contributed by atoms with van der Waals surface area (Å²) >= 11 is 0. The van der Waals surface area contributed by atoms with Gasteiger partial charge in [-0.3, -0.25) is 4.79 Å². The molecule has 29 heavy (non-hydrogen) atoms. The second-order valence-electron chi connectivity index (χ2n) is 8.62. The SMILES string of the molecule is CN(C(=O)c1nn(C)c2nc(NC3CCCCCCC3)ccc12)C1CCNCC1. The summed E-state index contributed by atoms with van der Waals surface area (Å²) in [7, 11) is 3.77. The molecule has 0 aromatic carbocycles. The summed E-state index contributed by atoms with van der Waals surface area (Å²) in [6.07, 6.45) is 11.0. The van der Waals surface area contributed by atoms with Crippen molar-refractivity contribution in [2.75, 3.05) is 25.5 Å². The van der Waals surface area contributed by atoms with Gasteiger partial charge in [0.25, 0.3) is 5.91 Å². The van der Waals surface area contributed by atoms with Crippen molar-refractivity contribution in [2.24, 2.45) is 7.05 Å². The normalized spacial score (nSPS) is 19.7. The third-order valence-corrected chi connectivity index (χ3v) is 6.52. The number of carbonyl (C=O) groups excluding carboxylic acids is 1. The van der Waals surface area contributed by atoms with Crippen LogP contribution in [0.3, 0.4) is 0 Å². The van der Waals surface area contributed by atoms with Gasteiger partial charge in [0.15, 0.2) is 11.3 Å². The first kappa shape index (κ1) is 20.1. The van der Waals surface area contributed by atoms with Gasteiger partial charge in [-0.05, 0) is 50.9 Å². The molecule has 1 saturated carbocycles. The Kier molecular flexibility index (Phi) is 6.33. The minimum absolute atomic E-state index is 0.00923. The Bertz CT molecular complexity index is 833. The summed E-state index contributed by atoms with van der Waals surface area (Å²) in [5.41, 5.74) is 1.27. The number of hydrogen-bond acceptors (Lipinski definition) is 5. The molecule has 2 N–H and O–H groups in total. The van der Waals surface area contributed by atoms with E-state index >= 15 is 0 Å². The van der Waals surface area contributed by atoms with Crippen molar-refractivity contribution in [3.8, 4) is 0 Å². The lowest BCUT2D eigenvalue weighted by Crippen LogP contribution is -2.44. The van der Waals surface area contributed by atoms with E-state index in [1.807, 2.05) is 31.1 Å². The van der Waals surface area contributed by atoms with Crippen molar-refractivity contribution in [3.05, 3.63) is 17.8 Å². The number of hydrogen-bond donors (Lipinski definition) is 2. The Morgan fingerprint density at radius 2 is 1.79 bits per heavy atom. The van der Waals surface area contributed by atoms with Gasteiger partial charge in [-0.2, -0.15) is 5.10 Å². The number of aromatic nitrogens is 3. The van der Waals surface area contributed by atoms with Gasteiger partial charge in [0, 0.05) is 26.2 Å². The second kappa shape index (κ2) is 9.11. The van der Waals surface area contributed by atoms with Gasteiger partial charge in [0.2, 0.25) is 0 Å². The number of anilines is 1. The Balaban J connectivity index is 1.52. The first-order valence-electron chi connectivity index (χ1n) is 11.2. The van der Waals surface area contributed by atoms with Gasteiger partial charge < -0.3 is 15.5 Å². The highest BCUT2D eigenvalue weighted by atomic mass is 16.2. The number of amides is 1. The van der Waals surface area contributed by atoms with E-state index in [1.54, 1.807) is 4.68 Å². The van der Waals surface area contributed by atoms with Crippen molar-refractivity contribution in [1.82, 2.24) is 25.0 Å². The molecule has 7 nitrogen and oxygen atoms in total. The maximum Gasteiger partial charge on any atom is 0.275 e. The molecule has 1 amide bonds. The number of pyridine rings is 1. The highest BCUT2D eigenvalue weighted by molar-refractivity contribution is 6.04. The van der Waals surface area contributed by atoms with E-state index < -0.39 is 0 Å². The molecule has 0 atom stereocenters. The van der Waals surface area contributed by atoms with Crippen molar-refractivity contribution < 1.29 is 4.79 Å². The number of fused-ring (bicyclic) bond motifs is 1. The van der Waals surface area contributed by atoms with E-state index in [9.17, 15) is 4.79 Å². The van der Waals surface area contributed by atoms with Crippen LogP contribution < -0.4 is 10.6 Å². The van der Waals surface area contributed by atoms with Gasteiger partial charge in [-0.1, -0.05) is 32.1 Å². The molecule has 4 rings (SSSR count). The molecule has 158 valence electrons. The van der Waals surface area contributed by atoms with Crippen molar-refractivity contribution in [1.29, 1.82) is 0 Å².